The van der Waals surface area contributed by atoms with Crippen LogP contribution in [0.4, 0.5) is 0 Å². The number of aryl methyl sites for hydroxylation is 1. The number of benzene rings is 3. The molecule has 0 radical (unpaired) electrons. The van der Waals surface area contributed by atoms with E-state index >= 15 is 0 Å². The van der Waals surface area contributed by atoms with Gasteiger partial charge in [0.05, 0.1) is 0 Å². The molecule has 0 atom stereocenters. The zero-order valence-electron chi connectivity index (χ0n) is 15.5. The van der Waals surface area contributed by atoms with Crippen LogP contribution in [0.15, 0.2) is 72.8 Å². The maximum atomic E-state index is 5.85. The van der Waals surface area contributed by atoms with Crippen LogP contribution in [0.3, 0.4) is 0 Å². The Labute approximate surface area is 152 Å². The van der Waals surface area contributed by atoms with Crippen molar-refractivity contribution in [2.75, 3.05) is 13.5 Å². The summed E-state index contributed by atoms with van der Waals surface area (Å²) < 4.78 is 5.85. The third-order valence-electron chi connectivity index (χ3n) is 5.16. The molecule has 128 valence electrons. The lowest BCUT2D eigenvalue weighted by molar-refractivity contribution is 0.255. The minimum Gasteiger partial charge on any atom is -0.348 e. The van der Waals surface area contributed by atoms with Gasteiger partial charge >= 0.3 is 0 Å². The van der Waals surface area contributed by atoms with Crippen LogP contribution < -0.4 is 15.9 Å². The monoisotopic (exact) mass is 349 g/mol. The fourth-order valence-electron chi connectivity index (χ4n) is 3.56. The van der Waals surface area contributed by atoms with Crippen molar-refractivity contribution in [1.82, 2.24) is 0 Å². The second-order valence-corrected chi connectivity index (χ2v) is 9.94. The van der Waals surface area contributed by atoms with Gasteiger partial charge < -0.3 is 4.74 Å². The molecule has 3 aromatic carbocycles. The van der Waals surface area contributed by atoms with E-state index in [1.165, 1.54) is 32.6 Å². The predicted molar refractivity (Wildman–Crippen MR) is 111 cm³/mol. The van der Waals surface area contributed by atoms with Crippen LogP contribution in [-0.2, 0) is 4.74 Å². The average Bonchev–Trinajstić information content (AvgIpc) is 2.66. The van der Waals surface area contributed by atoms with Gasteiger partial charge in [-0.25, -0.2) is 0 Å². The van der Waals surface area contributed by atoms with Crippen molar-refractivity contribution in [2.24, 2.45) is 0 Å². The smallest absolute Gasteiger partial charge is 0.170 e. The Bertz CT molecular complexity index is 801. The van der Waals surface area contributed by atoms with E-state index in [0.717, 1.165) is 0 Å². The molecule has 2 heteroatoms. The summed E-state index contributed by atoms with van der Waals surface area (Å²) in [5, 5.41) is 4.17. The summed E-state index contributed by atoms with van der Waals surface area (Å²) in [5.41, 5.74) is 4.11. The van der Waals surface area contributed by atoms with Crippen LogP contribution in [-0.4, -0.2) is 13.5 Å². The van der Waals surface area contributed by atoms with Crippen molar-refractivity contribution in [2.45, 2.75) is 20.8 Å². The molecule has 25 heavy (non-hydrogen) atoms. The van der Waals surface area contributed by atoms with E-state index in [-0.39, 0.29) is 0 Å². The average molecular weight is 349 g/mol. The first-order valence-electron chi connectivity index (χ1n) is 8.67. The van der Waals surface area contributed by atoms with Gasteiger partial charge in [0, 0.05) is 7.11 Å². The number of hydrogen-bond acceptors (Lipinski definition) is 1. The molecule has 1 nitrogen and oxygen atoms in total. The first-order valence-corrected chi connectivity index (χ1v) is 10.6. The normalized spacial score (nSPS) is 11.5. The Kier molecular flexibility index (Phi) is 5.37. The van der Waals surface area contributed by atoms with Gasteiger partial charge in [0.25, 0.3) is 0 Å². The second-order valence-electron chi connectivity index (χ2n) is 6.55. The molecule has 0 amide bonds. The number of rotatable bonds is 5. The maximum Gasteiger partial charge on any atom is 0.170 e. The summed E-state index contributed by atoms with van der Waals surface area (Å²) >= 11 is 0. The maximum absolute atomic E-state index is 5.85. The molecule has 0 saturated heterocycles. The molecule has 0 aromatic heterocycles. The molecule has 3 aromatic rings. The fraction of sp³-hybridized carbons (Fsp3) is 0.217. The SMILES string of the molecule is COC[P+](c1ccccc1)(c1ccccc1)c1ccc(C)c(C)c1C. The Hall–Kier alpha value is -1.95. The highest BCUT2D eigenvalue weighted by Crippen LogP contribution is 2.56. The molecular formula is C23H26OP+. The van der Waals surface area contributed by atoms with Crippen molar-refractivity contribution in [3.05, 3.63) is 89.5 Å². The highest BCUT2D eigenvalue weighted by Gasteiger charge is 2.46. The van der Waals surface area contributed by atoms with Crippen LogP contribution in [0.25, 0.3) is 0 Å². The number of methoxy groups -OCH3 is 1. The molecular weight excluding hydrogens is 323 g/mol. The molecule has 0 saturated carbocycles. The summed E-state index contributed by atoms with van der Waals surface area (Å²) in [6, 6.07) is 26.3. The van der Waals surface area contributed by atoms with E-state index in [9.17, 15) is 0 Å². The lowest BCUT2D eigenvalue weighted by Gasteiger charge is -2.28. The van der Waals surface area contributed by atoms with Gasteiger partial charge in [0.2, 0.25) is 0 Å². The first kappa shape index (κ1) is 17.9. The Balaban J connectivity index is 2.38. The Morgan fingerprint density at radius 2 is 1.20 bits per heavy atom. The largest absolute Gasteiger partial charge is 0.348 e. The van der Waals surface area contributed by atoms with E-state index in [4.69, 9.17) is 4.74 Å². The summed E-state index contributed by atoms with van der Waals surface area (Å²) in [7, 11) is -0.0434. The zero-order valence-corrected chi connectivity index (χ0v) is 16.4. The molecule has 0 bridgehead atoms. The third-order valence-corrected chi connectivity index (χ3v) is 9.47. The first-order chi connectivity index (χ1) is 12.1. The molecule has 0 fully saturated rings. The Morgan fingerprint density at radius 3 is 1.68 bits per heavy atom. The van der Waals surface area contributed by atoms with Gasteiger partial charge in [0.1, 0.15) is 23.2 Å². The van der Waals surface area contributed by atoms with Crippen LogP contribution >= 0.6 is 7.26 Å². The van der Waals surface area contributed by atoms with Crippen molar-refractivity contribution in [3.8, 4) is 0 Å². The summed E-state index contributed by atoms with van der Waals surface area (Å²) in [4.78, 5) is 0. The van der Waals surface area contributed by atoms with Gasteiger partial charge in [-0.1, -0.05) is 42.5 Å². The molecule has 0 aliphatic carbocycles. The van der Waals surface area contributed by atoms with Crippen LogP contribution in [0.5, 0.6) is 0 Å². The molecule has 0 heterocycles. The molecule has 3 rings (SSSR count). The number of hydrogen-bond donors (Lipinski definition) is 0. The van der Waals surface area contributed by atoms with Crippen LogP contribution in [0.2, 0.25) is 0 Å². The van der Waals surface area contributed by atoms with E-state index in [0.29, 0.717) is 6.35 Å². The molecule has 0 N–H and O–H groups in total. The molecule has 0 aliphatic rings. The van der Waals surface area contributed by atoms with Gasteiger partial charge in [-0.15, -0.1) is 0 Å². The van der Waals surface area contributed by atoms with Crippen molar-refractivity contribution in [1.29, 1.82) is 0 Å². The standard InChI is InChI=1S/C23H26OP/c1-18-15-16-23(20(3)19(18)2)25(17-24-4,21-11-7-5-8-12-21)22-13-9-6-10-14-22/h5-16H,17H2,1-4H3/q+1. The van der Waals surface area contributed by atoms with Crippen molar-refractivity contribution < 1.29 is 4.74 Å². The van der Waals surface area contributed by atoms with Crippen molar-refractivity contribution >= 4 is 23.2 Å². The summed E-state index contributed by atoms with van der Waals surface area (Å²) in [6.07, 6.45) is 0.713. The third kappa shape index (κ3) is 3.15. The van der Waals surface area contributed by atoms with E-state index in [1.54, 1.807) is 0 Å². The quantitative estimate of drug-likeness (QED) is 0.616. The minimum atomic E-state index is -1.86. The van der Waals surface area contributed by atoms with Crippen LogP contribution in [0, 0.1) is 20.8 Å². The highest BCUT2D eigenvalue weighted by molar-refractivity contribution is 7.95. The van der Waals surface area contributed by atoms with Crippen LogP contribution in [0.1, 0.15) is 16.7 Å². The molecule has 0 aliphatic heterocycles. The fourth-order valence-corrected chi connectivity index (χ4v) is 7.67. The predicted octanol–water partition coefficient (Wildman–Crippen LogP) is 4.51. The zero-order chi connectivity index (χ0) is 17.9. The summed E-state index contributed by atoms with van der Waals surface area (Å²) in [5.74, 6) is 0. The Morgan fingerprint density at radius 1 is 0.680 bits per heavy atom. The van der Waals surface area contributed by atoms with E-state index < -0.39 is 7.26 Å². The lowest BCUT2D eigenvalue weighted by Crippen LogP contribution is -2.35. The molecule has 0 unspecified atom stereocenters. The second kappa shape index (κ2) is 7.52. The van der Waals surface area contributed by atoms with E-state index in [1.807, 2.05) is 7.11 Å². The van der Waals surface area contributed by atoms with Crippen molar-refractivity contribution in [3.63, 3.8) is 0 Å². The topological polar surface area (TPSA) is 9.23 Å². The van der Waals surface area contributed by atoms with Gasteiger partial charge in [-0.2, -0.15) is 0 Å². The van der Waals surface area contributed by atoms with Gasteiger partial charge in [-0.05, 0) is 67.8 Å². The summed E-state index contributed by atoms with van der Waals surface area (Å²) in [6.45, 7) is 6.67. The highest BCUT2D eigenvalue weighted by atomic mass is 31.2. The lowest BCUT2D eigenvalue weighted by atomic mass is 10.1. The van der Waals surface area contributed by atoms with E-state index in [2.05, 4.69) is 93.6 Å². The van der Waals surface area contributed by atoms with Gasteiger partial charge in [0.15, 0.2) is 6.35 Å². The van der Waals surface area contributed by atoms with Gasteiger partial charge in [-0.3, -0.25) is 0 Å². The number of ether oxygens (including phenoxy) is 1. The minimum absolute atomic E-state index is 0.713. The molecule has 0 spiro atoms.